The number of fused-ring (bicyclic) bond motifs is 1. The molecule has 0 heterocycles. The standard InChI is InChI=1S/C27H36F4O/c1-2-3-4-5-6-7-20-8-10-21(11-9-20)12-13-22-14-16-24-23(18-22)15-17-25(26(24)28)32-19-27(29,30)31/h14-18,20-21H,2-13,19H2,1H3. The van der Waals surface area contributed by atoms with E-state index < -0.39 is 18.6 Å². The second kappa shape index (κ2) is 11.9. The molecule has 5 heteroatoms. The van der Waals surface area contributed by atoms with Gasteiger partial charge in [-0.1, -0.05) is 95.4 Å². The third kappa shape index (κ3) is 7.67. The average Bonchev–Trinajstić information content (AvgIpc) is 2.77. The van der Waals surface area contributed by atoms with Gasteiger partial charge < -0.3 is 4.74 Å². The van der Waals surface area contributed by atoms with Crippen LogP contribution >= 0.6 is 0 Å². The van der Waals surface area contributed by atoms with Gasteiger partial charge in [-0.05, 0) is 41.7 Å². The van der Waals surface area contributed by atoms with Gasteiger partial charge in [0.05, 0.1) is 0 Å². The Morgan fingerprint density at radius 1 is 0.875 bits per heavy atom. The Morgan fingerprint density at radius 2 is 1.56 bits per heavy atom. The topological polar surface area (TPSA) is 9.23 Å². The number of hydrogen-bond donors (Lipinski definition) is 0. The quantitative estimate of drug-likeness (QED) is 0.244. The second-order valence-electron chi connectivity index (χ2n) is 9.47. The van der Waals surface area contributed by atoms with Crippen molar-refractivity contribution in [2.45, 2.75) is 90.1 Å². The number of rotatable bonds is 11. The molecule has 1 aliphatic rings. The van der Waals surface area contributed by atoms with Crippen LogP contribution in [0.25, 0.3) is 10.8 Å². The summed E-state index contributed by atoms with van der Waals surface area (Å²) in [6.07, 6.45) is 11.1. The smallest absolute Gasteiger partial charge is 0.422 e. The highest BCUT2D eigenvalue weighted by atomic mass is 19.4. The molecule has 0 atom stereocenters. The molecule has 178 valence electrons. The molecule has 1 aliphatic carbocycles. The largest absolute Gasteiger partial charge is 0.481 e. The summed E-state index contributed by atoms with van der Waals surface area (Å²) in [6, 6.07) is 8.43. The molecular weight excluding hydrogens is 416 g/mol. The van der Waals surface area contributed by atoms with Crippen LogP contribution in [-0.4, -0.2) is 12.8 Å². The van der Waals surface area contributed by atoms with E-state index in [0.717, 1.165) is 30.2 Å². The van der Waals surface area contributed by atoms with Gasteiger partial charge in [-0.15, -0.1) is 0 Å². The van der Waals surface area contributed by atoms with Crippen LogP contribution < -0.4 is 4.74 Å². The van der Waals surface area contributed by atoms with E-state index in [-0.39, 0.29) is 5.75 Å². The molecule has 0 aliphatic heterocycles. The van der Waals surface area contributed by atoms with Gasteiger partial charge in [-0.2, -0.15) is 13.2 Å². The summed E-state index contributed by atoms with van der Waals surface area (Å²) in [5.41, 5.74) is 1.15. The van der Waals surface area contributed by atoms with Crippen molar-refractivity contribution in [2.75, 3.05) is 6.61 Å². The van der Waals surface area contributed by atoms with Crippen molar-refractivity contribution in [1.29, 1.82) is 0 Å². The zero-order valence-electron chi connectivity index (χ0n) is 19.2. The summed E-state index contributed by atoms with van der Waals surface area (Å²) in [5, 5.41) is 0.999. The van der Waals surface area contributed by atoms with E-state index in [4.69, 9.17) is 0 Å². The Labute approximate surface area is 189 Å². The number of ether oxygens (including phenoxy) is 1. The first-order valence-electron chi connectivity index (χ1n) is 12.3. The van der Waals surface area contributed by atoms with Crippen molar-refractivity contribution in [3.63, 3.8) is 0 Å². The Kier molecular flexibility index (Phi) is 9.24. The number of benzene rings is 2. The molecule has 0 N–H and O–H groups in total. The lowest BCUT2D eigenvalue weighted by molar-refractivity contribution is -0.153. The highest BCUT2D eigenvalue weighted by Crippen LogP contribution is 2.35. The molecule has 0 unspecified atom stereocenters. The monoisotopic (exact) mass is 452 g/mol. The van der Waals surface area contributed by atoms with E-state index in [9.17, 15) is 17.6 Å². The molecule has 1 saturated carbocycles. The Hall–Kier alpha value is -1.78. The first-order valence-corrected chi connectivity index (χ1v) is 12.3. The van der Waals surface area contributed by atoms with Gasteiger partial charge in [0, 0.05) is 5.39 Å². The molecular formula is C27H36F4O. The number of unbranched alkanes of at least 4 members (excludes halogenated alkanes) is 4. The molecule has 0 bridgehead atoms. The molecule has 1 fully saturated rings. The van der Waals surface area contributed by atoms with E-state index in [1.54, 1.807) is 12.1 Å². The molecule has 2 aromatic rings. The normalized spacial score (nSPS) is 19.4. The van der Waals surface area contributed by atoms with Crippen molar-refractivity contribution >= 4 is 10.8 Å². The SMILES string of the molecule is CCCCCCCC1CCC(CCc2ccc3c(F)c(OCC(F)(F)F)ccc3c2)CC1. The lowest BCUT2D eigenvalue weighted by Gasteiger charge is -2.28. The number of alkyl halides is 3. The van der Waals surface area contributed by atoms with Crippen LogP contribution in [0.2, 0.25) is 0 Å². The third-order valence-electron chi connectivity index (χ3n) is 6.90. The van der Waals surface area contributed by atoms with E-state index in [1.165, 1.54) is 70.3 Å². The highest BCUT2D eigenvalue weighted by molar-refractivity contribution is 5.85. The van der Waals surface area contributed by atoms with Gasteiger partial charge in [-0.3, -0.25) is 0 Å². The minimum absolute atomic E-state index is 0.299. The zero-order chi connectivity index (χ0) is 23.0. The van der Waals surface area contributed by atoms with E-state index >= 15 is 0 Å². The fraction of sp³-hybridized carbons (Fsp3) is 0.630. The van der Waals surface area contributed by atoms with Gasteiger partial charge in [-0.25, -0.2) is 4.39 Å². The summed E-state index contributed by atoms with van der Waals surface area (Å²) in [7, 11) is 0. The van der Waals surface area contributed by atoms with Crippen molar-refractivity contribution < 1.29 is 22.3 Å². The summed E-state index contributed by atoms with van der Waals surface area (Å²) in [4.78, 5) is 0. The Morgan fingerprint density at radius 3 is 2.25 bits per heavy atom. The predicted molar refractivity (Wildman–Crippen MR) is 123 cm³/mol. The van der Waals surface area contributed by atoms with Crippen molar-refractivity contribution in [3.8, 4) is 5.75 Å². The second-order valence-corrected chi connectivity index (χ2v) is 9.47. The first kappa shape index (κ1) is 24.9. The first-order chi connectivity index (χ1) is 15.4. The van der Waals surface area contributed by atoms with Crippen LogP contribution in [-0.2, 0) is 6.42 Å². The van der Waals surface area contributed by atoms with Gasteiger partial charge >= 0.3 is 6.18 Å². The molecule has 0 saturated heterocycles. The maximum absolute atomic E-state index is 14.5. The molecule has 2 aromatic carbocycles. The highest BCUT2D eigenvalue weighted by Gasteiger charge is 2.29. The van der Waals surface area contributed by atoms with Gasteiger partial charge in [0.25, 0.3) is 0 Å². The summed E-state index contributed by atoms with van der Waals surface area (Å²) < 4.78 is 56.2. The Bertz CT molecular complexity index is 837. The fourth-order valence-corrected chi connectivity index (χ4v) is 4.96. The van der Waals surface area contributed by atoms with Gasteiger partial charge in [0.2, 0.25) is 0 Å². The van der Waals surface area contributed by atoms with Crippen LogP contribution in [0.4, 0.5) is 17.6 Å². The molecule has 0 aromatic heterocycles. The third-order valence-corrected chi connectivity index (χ3v) is 6.90. The van der Waals surface area contributed by atoms with Crippen molar-refractivity contribution in [3.05, 3.63) is 41.7 Å². The summed E-state index contributed by atoms with van der Waals surface area (Å²) in [5.74, 6) is 0.582. The maximum Gasteiger partial charge on any atom is 0.422 e. The fourth-order valence-electron chi connectivity index (χ4n) is 4.96. The lowest BCUT2D eigenvalue weighted by Crippen LogP contribution is -2.19. The van der Waals surface area contributed by atoms with E-state index in [0.29, 0.717) is 10.8 Å². The summed E-state index contributed by atoms with van der Waals surface area (Å²) in [6.45, 7) is 0.764. The van der Waals surface area contributed by atoms with Crippen molar-refractivity contribution in [1.82, 2.24) is 0 Å². The molecule has 1 nitrogen and oxygen atoms in total. The molecule has 0 spiro atoms. The predicted octanol–water partition coefficient (Wildman–Crippen LogP) is 9.02. The molecule has 0 radical (unpaired) electrons. The Balaban J connectivity index is 1.46. The number of hydrogen-bond acceptors (Lipinski definition) is 1. The number of halogens is 4. The lowest BCUT2D eigenvalue weighted by atomic mass is 9.77. The zero-order valence-corrected chi connectivity index (χ0v) is 19.2. The van der Waals surface area contributed by atoms with E-state index in [2.05, 4.69) is 11.7 Å². The summed E-state index contributed by atoms with van der Waals surface area (Å²) >= 11 is 0. The molecule has 3 rings (SSSR count). The van der Waals surface area contributed by atoms with Gasteiger partial charge in [0.15, 0.2) is 18.2 Å². The molecule has 32 heavy (non-hydrogen) atoms. The maximum atomic E-state index is 14.5. The van der Waals surface area contributed by atoms with Gasteiger partial charge in [0.1, 0.15) is 0 Å². The van der Waals surface area contributed by atoms with Crippen LogP contribution in [0.5, 0.6) is 5.75 Å². The number of aryl methyl sites for hydroxylation is 1. The van der Waals surface area contributed by atoms with Crippen molar-refractivity contribution in [2.24, 2.45) is 11.8 Å². The minimum Gasteiger partial charge on any atom is -0.481 e. The van der Waals surface area contributed by atoms with E-state index in [1.807, 2.05) is 12.1 Å². The van der Waals surface area contributed by atoms with Crippen LogP contribution in [0.3, 0.4) is 0 Å². The van der Waals surface area contributed by atoms with Crippen LogP contribution in [0, 0.1) is 17.7 Å². The van der Waals surface area contributed by atoms with Crippen LogP contribution in [0.1, 0.15) is 83.1 Å². The average molecular weight is 453 g/mol. The van der Waals surface area contributed by atoms with Crippen LogP contribution in [0.15, 0.2) is 30.3 Å². The molecule has 0 amide bonds. The minimum atomic E-state index is -4.49.